The quantitative estimate of drug-likeness (QED) is 0.651. The first-order valence-corrected chi connectivity index (χ1v) is 11.2. The van der Waals surface area contributed by atoms with Gasteiger partial charge < -0.3 is 19.7 Å². The molecule has 0 bridgehead atoms. The van der Waals surface area contributed by atoms with Gasteiger partial charge in [0.05, 0.1) is 19.8 Å². The Morgan fingerprint density at radius 3 is 2.63 bits per heavy atom. The van der Waals surface area contributed by atoms with Crippen LogP contribution in [0, 0.1) is 0 Å². The second-order valence-electron chi connectivity index (χ2n) is 6.72. The van der Waals surface area contributed by atoms with Gasteiger partial charge in [-0.1, -0.05) is 6.07 Å². The summed E-state index contributed by atoms with van der Waals surface area (Å²) < 4.78 is 39.2. The molecule has 1 aromatic carbocycles. The number of anilines is 2. The van der Waals surface area contributed by atoms with Crippen molar-refractivity contribution in [2.75, 3.05) is 43.1 Å². The first-order valence-electron chi connectivity index (χ1n) is 9.71. The first kappa shape index (κ1) is 22.0. The zero-order valence-corrected chi connectivity index (χ0v) is 17.9. The predicted molar refractivity (Wildman–Crippen MR) is 113 cm³/mol. The van der Waals surface area contributed by atoms with Gasteiger partial charge in [0, 0.05) is 38.4 Å². The Balaban J connectivity index is 1.73. The monoisotopic (exact) mass is 434 g/mol. The number of nitrogens with one attached hydrogen (secondary N) is 2. The van der Waals surface area contributed by atoms with E-state index in [9.17, 15) is 13.2 Å². The van der Waals surface area contributed by atoms with Crippen LogP contribution in [0.5, 0.6) is 5.75 Å². The average molecular weight is 435 g/mol. The fourth-order valence-corrected chi connectivity index (χ4v) is 4.22. The van der Waals surface area contributed by atoms with Gasteiger partial charge in [0.2, 0.25) is 15.9 Å². The van der Waals surface area contributed by atoms with Crippen LogP contribution in [-0.2, 0) is 26.1 Å². The number of hydrogen-bond acceptors (Lipinski definition) is 7. The summed E-state index contributed by atoms with van der Waals surface area (Å²) in [6, 6.07) is 8.23. The Morgan fingerprint density at radius 1 is 1.23 bits per heavy atom. The molecule has 1 saturated heterocycles. The van der Waals surface area contributed by atoms with E-state index in [-0.39, 0.29) is 23.1 Å². The zero-order chi connectivity index (χ0) is 21.6. The summed E-state index contributed by atoms with van der Waals surface area (Å²) in [5, 5.41) is 2.59. The Hall–Kier alpha value is -2.69. The summed E-state index contributed by atoms with van der Waals surface area (Å²) in [5.41, 5.74) is 1.11. The smallest absolute Gasteiger partial charge is 0.244 e. The summed E-state index contributed by atoms with van der Waals surface area (Å²) in [6.07, 6.45) is 1.66. The Kier molecular flexibility index (Phi) is 7.24. The summed E-state index contributed by atoms with van der Waals surface area (Å²) in [6.45, 7) is 6.42. The van der Waals surface area contributed by atoms with Crippen molar-refractivity contribution in [2.24, 2.45) is 0 Å². The number of sulfonamides is 1. The van der Waals surface area contributed by atoms with Gasteiger partial charge in [-0.05, 0) is 36.8 Å². The zero-order valence-electron chi connectivity index (χ0n) is 17.1. The molecule has 0 atom stereocenters. The third-order valence-electron chi connectivity index (χ3n) is 4.46. The van der Waals surface area contributed by atoms with Crippen molar-refractivity contribution in [3.05, 3.63) is 42.1 Å². The summed E-state index contributed by atoms with van der Waals surface area (Å²) in [7, 11) is -3.88. The molecule has 1 aliphatic rings. The number of pyridine rings is 1. The lowest BCUT2D eigenvalue weighted by atomic mass is 10.3. The van der Waals surface area contributed by atoms with Crippen LogP contribution < -0.4 is 19.7 Å². The van der Waals surface area contributed by atoms with Crippen molar-refractivity contribution in [1.29, 1.82) is 0 Å². The molecule has 1 fully saturated rings. The highest BCUT2D eigenvalue weighted by Gasteiger charge is 2.21. The molecule has 1 aromatic heterocycles. The van der Waals surface area contributed by atoms with Gasteiger partial charge in [0.15, 0.2) is 0 Å². The minimum atomic E-state index is -3.88. The third kappa shape index (κ3) is 5.68. The highest BCUT2D eigenvalue weighted by Crippen LogP contribution is 2.27. The van der Waals surface area contributed by atoms with E-state index in [1.54, 1.807) is 19.2 Å². The molecule has 2 aromatic rings. The summed E-state index contributed by atoms with van der Waals surface area (Å²) >= 11 is 0. The van der Waals surface area contributed by atoms with Gasteiger partial charge in [-0.3, -0.25) is 4.79 Å². The van der Waals surface area contributed by atoms with Crippen molar-refractivity contribution in [3.63, 3.8) is 0 Å². The molecule has 10 heteroatoms. The van der Waals surface area contributed by atoms with Crippen LogP contribution in [0.3, 0.4) is 0 Å². The molecule has 9 nitrogen and oxygen atoms in total. The Bertz CT molecular complexity index is 973. The minimum absolute atomic E-state index is 0.0338. The lowest BCUT2D eigenvalue weighted by Crippen LogP contribution is -2.36. The Morgan fingerprint density at radius 2 is 2.00 bits per heavy atom. The van der Waals surface area contributed by atoms with Crippen LogP contribution in [-0.4, -0.2) is 52.2 Å². The summed E-state index contributed by atoms with van der Waals surface area (Å²) in [5.74, 6) is 0.772. The molecular formula is C20H26N4O5S. The lowest BCUT2D eigenvalue weighted by molar-refractivity contribution is -0.114. The number of nitrogens with zero attached hydrogens (tertiary/aromatic N) is 2. The molecule has 0 radical (unpaired) electrons. The van der Waals surface area contributed by atoms with Crippen LogP contribution in [0.2, 0.25) is 0 Å². The van der Waals surface area contributed by atoms with Gasteiger partial charge in [-0.15, -0.1) is 0 Å². The molecule has 1 aliphatic heterocycles. The minimum Gasteiger partial charge on any atom is -0.492 e. The van der Waals surface area contributed by atoms with Gasteiger partial charge in [-0.25, -0.2) is 18.1 Å². The van der Waals surface area contributed by atoms with E-state index in [0.717, 1.165) is 24.5 Å². The number of rotatable bonds is 8. The number of amides is 1. The molecule has 0 aliphatic carbocycles. The maximum Gasteiger partial charge on any atom is 0.244 e. The highest BCUT2D eigenvalue weighted by atomic mass is 32.2. The number of morpholine rings is 1. The van der Waals surface area contributed by atoms with E-state index in [2.05, 4.69) is 19.9 Å². The molecule has 2 N–H and O–H groups in total. The van der Waals surface area contributed by atoms with Crippen molar-refractivity contribution in [3.8, 4) is 5.75 Å². The molecule has 0 saturated carbocycles. The van der Waals surface area contributed by atoms with Crippen molar-refractivity contribution in [2.45, 2.75) is 25.3 Å². The predicted octanol–water partition coefficient (Wildman–Crippen LogP) is 1.75. The molecule has 3 rings (SSSR count). The molecule has 162 valence electrons. The largest absolute Gasteiger partial charge is 0.492 e. The van der Waals surface area contributed by atoms with Crippen molar-refractivity contribution >= 4 is 27.4 Å². The van der Waals surface area contributed by atoms with Gasteiger partial charge >= 0.3 is 0 Å². The van der Waals surface area contributed by atoms with E-state index >= 15 is 0 Å². The molecule has 0 spiro atoms. The summed E-state index contributed by atoms with van der Waals surface area (Å²) in [4.78, 5) is 17.8. The second kappa shape index (κ2) is 9.88. The van der Waals surface area contributed by atoms with Crippen LogP contribution in [0.25, 0.3) is 0 Å². The number of aromatic nitrogens is 1. The molecule has 1 amide bonds. The van der Waals surface area contributed by atoms with E-state index in [0.29, 0.717) is 25.5 Å². The average Bonchev–Trinajstić information content (AvgIpc) is 2.74. The van der Waals surface area contributed by atoms with E-state index in [1.807, 2.05) is 12.1 Å². The topological polar surface area (TPSA) is 110 Å². The first-order chi connectivity index (χ1) is 14.4. The van der Waals surface area contributed by atoms with E-state index < -0.39 is 10.0 Å². The van der Waals surface area contributed by atoms with Gasteiger partial charge in [0.25, 0.3) is 0 Å². The third-order valence-corrected chi connectivity index (χ3v) is 5.89. The fourth-order valence-electron chi connectivity index (χ4n) is 3.03. The lowest BCUT2D eigenvalue weighted by Gasteiger charge is -2.27. The maximum absolute atomic E-state index is 12.9. The number of carbonyl (C=O) groups is 1. The highest BCUT2D eigenvalue weighted by molar-refractivity contribution is 7.89. The van der Waals surface area contributed by atoms with Crippen LogP contribution in [0.15, 0.2) is 41.4 Å². The maximum atomic E-state index is 12.9. The number of ether oxygens (including phenoxy) is 2. The molecule has 30 heavy (non-hydrogen) atoms. The fraction of sp³-hybridized carbons (Fsp3) is 0.400. The van der Waals surface area contributed by atoms with Gasteiger partial charge in [0.1, 0.15) is 16.5 Å². The van der Waals surface area contributed by atoms with E-state index in [1.165, 1.54) is 19.1 Å². The van der Waals surface area contributed by atoms with E-state index in [4.69, 9.17) is 9.47 Å². The number of benzene rings is 1. The molecule has 2 heterocycles. The normalized spacial score (nSPS) is 14.4. The number of carbonyl (C=O) groups excluding carboxylic acids is 1. The second-order valence-corrected chi connectivity index (χ2v) is 8.46. The molecular weight excluding hydrogens is 408 g/mol. The Labute approximate surface area is 176 Å². The molecule has 0 unspecified atom stereocenters. The van der Waals surface area contributed by atoms with Crippen molar-refractivity contribution < 1.29 is 22.7 Å². The van der Waals surface area contributed by atoms with Crippen LogP contribution in [0.1, 0.15) is 19.4 Å². The number of hydrogen-bond donors (Lipinski definition) is 2. The standard InChI is InChI=1S/C20H26N4O5S/c1-3-29-18-6-5-17(23-15(2)25)12-19(18)30(26,27)22-14-16-4-7-20(21-13-16)24-8-10-28-11-9-24/h4-7,12-13,22H,3,8-11,14H2,1-2H3,(H,23,25). The van der Waals surface area contributed by atoms with Gasteiger partial charge in [-0.2, -0.15) is 0 Å². The SMILES string of the molecule is CCOc1ccc(NC(C)=O)cc1S(=O)(=O)NCc1ccc(N2CCOCC2)nc1. The van der Waals surface area contributed by atoms with Crippen LogP contribution in [0.4, 0.5) is 11.5 Å². The van der Waals surface area contributed by atoms with Crippen molar-refractivity contribution in [1.82, 2.24) is 9.71 Å². The van der Waals surface area contributed by atoms with Crippen LogP contribution >= 0.6 is 0 Å².